The van der Waals surface area contributed by atoms with Crippen LogP contribution in [0.25, 0.3) is 6.08 Å². The van der Waals surface area contributed by atoms with Crippen LogP contribution in [0.1, 0.15) is 11.1 Å². The average molecular weight is 499 g/mol. The second-order valence-electron chi connectivity index (χ2n) is 6.71. The van der Waals surface area contributed by atoms with Crippen LogP contribution >= 0.6 is 23.2 Å². The van der Waals surface area contributed by atoms with Gasteiger partial charge in [0.15, 0.2) is 18.1 Å². The van der Waals surface area contributed by atoms with Gasteiger partial charge >= 0.3 is 5.97 Å². The number of hydrogen-bond acceptors (Lipinski definition) is 6. The van der Waals surface area contributed by atoms with Crippen LogP contribution in [0.2, 0.25) is 10.0 Å². The van der Waals surface area contributed by atoms with Gasteiger partial charge in [0.1, 0.15) is 10.8 Å². The highest BCUT2D eigenvalue weighted by Gasteiger charge is 2.10. The fraction of sp³-hybridized carbons (Fsp3) is 0.0800. The molecule has 0 heterocycles. The Morgan fingerprint density at radius 1 is 0.941 bits per heavy atom. The third-order valence-electron chi connectivity index (χ3n) is 4.29. The second-order valence-corrected chi connectivity index (χ2v) is 7.49. The quantitative estimate of drug-likeness (QED) is 0.145. The Kier molecular flexibility index (Phi) is 9.08. The third-order valence-corrected chi connectivity index (χ3v) is 5.09. The van der Waals surface area contributed by atoms with Crippen LogP contribution in [-0.4, -0.2) is 31.8 Å². The minimum Gasteiger partial charge on any atom is -0.493 e. The Bertz CT molecular complexity index is 1210. The molecule has 0 saturated heterocycles. The van der Waals surface area contributed by atoms with Crippen molar-refractivity contribution in [3.63, 3.8) is 0 Å². The molecule has 1 amide bonds. The van der Waals surface area contributed by atoms with Gasteiger partial charge in [-0.05, 0) is 47.5 Å². The van der Waals surface area contributed by atoms with Gasteiger partial charge in [0, 0.05) is 6.08 Å². The molecule has 34 heavy (non-hydrogen) atoms. The molecule has 3 aromatic rings. The minimum absolute atomic E-state index is 0.226. The summed E-state index contributed by atoms with van der Waals surface area (Å²) in [5.74, 6) is -0.165. The zero-order chi connectivity index (χ0) is 24.3. The lowest BCUT2D eigenvalue weighted by atomic mass is 10.2. The molecular formula is C25H20Cl2N2O5. The monoisotopic (exact) mass is 498 g/mol. The van der Waals surface area contributed by atoms with Gasteiger partial charge in [-0.15, -0.1) is 0 Å². The molecule has 0 saturated carbocycles. The Morgan fingerprint density at radius 3 is 2.50 bits per heavy atom. The molecule has 0 spiro atoms. The number of hydrazone groups is 1. The number of hydrogen-bond donors (Lipinski definition) is 1. The highest BCUT2D eigenvalue weighted by Crippen LogP contribution is 2.31. The fourth-order valence-electron chi connectivity index (χ4n) is 2.67. The van der Waals surface area contributed by atoms with E-state index in [0.29, 0.717) is 22.1 Å². The van der Waals surface area contributed by atoms with Crippen LogP contribution in [0.4, 0.5) is 0 Å². The van der Waals surface area contributed by atoms with E-state index in [1.807, 2.05) is 30.3 Å². The maximum atomic E-state index is 12.1. The molecule has 9 heteroatoms. The molecule has 0 unspecified atom stereocenters. The van der Waals surface area contributed by atoms with Crippen LogP contribution in [0.15, 0.2) is 77.9 Å². The summed E-state index contributed by atoms with van der Waals surface area (Å²) in [4.78, 5) is 24.1. The van der Waals surface area contributed by atoms with E-state index in [9.17, 15) is 9.59 Å². The number of nitrogens with zero attached hydrogens (tertiary/aromatic N) is 1. The molecule has 0 aromatic heterocycles. The molecule has 174 valence electrons. The third kappa shape index (κ3) is 7.37. The lowest BCUT2D eigenvalue weighted by Gasteiger charge is -2.09. The Morgan fingerprint density at radius 2 is 1.74 bits per heavy atom. The van der Waals surface area contributed by atoms with Crippen LogP contribution < -0.4 is 19.6 Å². The smallest absolute Gasteiger partial charge is 0.336 e. The maximum absolute atomic E-state index is 12.1. The molecule has 1 N–H and O–H groups in total. The van der Waals surface area contributed by atoms with Gasteiger partial charge in [-0.2, -0.15) is 5.10 Å². The van der Waals surface area contributed by atoms with Crippen LogP contribution in [-0.2, 0) is 9.59 Å². The van der Waals surface area contributed by atoms with E-state index in [1.54, 1.807) is 42.5 Å². The Balaban J connectivity index is 1.54. The SMILES string of the molecule is COc1cc(/C=N\NC(=O)COc2cccc(Cl)c2Cl)ccc1OC(=O)/C=C/c1ccccc1. The fourth-order valence-corrected chi connectivity index (χ4v) is 3.02. The van der Waals surface area contributed by atoms with Crippen LogP contribution in [0.3, 0.4) is 0 Å². The van der Waals surface area contributed by atoms with Crippen molar-refractivity contribution in [1.82, 2.24) is 5.43 Å². The zero-order valence-corrected chi connectivity index (χ0v) is 19.5. The van der Waals surface area contributed by atoms with Gasteiger partial charge in [-0.25, -0.2) is 10.2 Å². The van der Waals surface area contributed by atoms with E-state index in [0.717, 1.165) is 5.56 Å². The normalized spacial score (nSPS) is 10.9. The zero-order valence-electron chi connectivity index (χ0n) is 18.0. The summed E-state index contributed by atoms with van der Waals surface area (Å²) in [6, 6.07) is 19.1. The first-order valence-electron chi connectivity index (χ1n) is 9.98. The van der Waals surface area contributed by atoms with Gasteiger partial charge < -0.3 is 14.2 Å². The topological polar surface area (TPSA) is 86.2 Å². The number of carbonyl (C=O) groups excluding carboxylic acids is 2. The van der Waals surface area contributed by atoms with E-state index in [2.05, 4.69) is 10.5 Å². The van der Waals surface area contributed by atoms with Gasteiger partial charge in [0.25, 0.3) is 5.91 Å². The van der Waals surface area contributed by atoms with Gasteiger partial charge in [-0.3, -0.25) is 4.79 Å². The van der Waals surface area contributed by atoms with E-state index >= 15 is 0 Å². The van der Waals surface area contributed by atoms with Crippen molar-refractivity contribution in [2.24, 2.45) is 5.10 Å². The molecule has 3 aromatic carbocycles. The van der Waals surface area contributed by atoms with Crippen molar-refractivity contribution >= 4 is 47.4 Å². The Labute approximate surface area is 206 Å². The molecule has 0 radical (unpaired) electrons. The second kappa shape index (κ2) is 12.4. The summed E-state index contributed by atoms with van der Waals surface area (Å²) >= 11 is 11.9. The van der Waals surface area contributed by atoms with E-state index in [-0.39, 0.29) is 17.4 Å². The summed E-state index contributed by atoms with van der Waals surface area (Å²) in [5.41, 5.74) is 3.83. The molecule has 0 aliphatic heterocycles. The largest absolute Gasteiger partial charge is 0.493 e. The predicted molar refractivity (Wildman–Crippen MR) is 132 cm³/mol. The van der Waals surface area contributed by atoms with E-state index in [4.69, 9.17) is 37.4 Å². The predicted octanol–water partition coefficient (Wildman–Crippen LogP) is 5.15. The van der Waals surface area contributed by atoms with Gasteiger partial charge in [0.2, 0.25) is 0 Å². The number of halogens is 2. The van der Waals surface area contributed by atoms with Crippen LogP contribution in [0.5, 0.6) is 17.2 Å². The summed E-state index contributed by atoms with van der Waals surface area (Å²) in [6.45, 7) is -0.299. The summed E-state index contributed by atoms with van der Waals surface area (Å²) in [5, 5.41) is 4.44. The van der Waals surface area contributed by atoms with Crippen LogP contribution in [0, 0.1) is 0 Å². The van der Waals surface area contributed by atoms with Crippen molar-refractivity contribution in [3.8, 4) is 17.2 Å². The number of carbonyl (C=O) groups is 2. The summed E-state index contributed by atoms with van der Waals surface area (Å²) in [6.07, 6.45) is 4.40. The average Bonchev–Trinajstić information content (AvgIpc) is 2.85. The van der Waals surface area contributed by atoms with E-state index < -0.39 is 11.9 Å². The number of benzene rings is 3. The molecule has 0 atom stereocenters. The first kappa shape index (κ1) is 24.8. The summed E-state index contributed by atoms with van der Waals surface area (Å²) in [7, 11) is 1.45. The van der Waals surface area contributed by atoms with Crippen molar-refractivity contribution in [3.05, 3.63) is 94.0 Å². The highest BCUT2D eigenvalue weighted by atomic mass is 35.5. The van der Waals surface area contributed by atoms with Gasteiger partial charge in [-0.1, -0.05) is 59.6 Å². The number of amides is 1. The standard InChI is InChI=1S/C25H20Cl2N2O5/c1-32-22-14-18(10-12-20(22)34-24(31)13-11-17-6-3-2-4-7-17)15-28-29-23(30)16-33-21-9-5-8-19(26)25(21)27/h2-15H,16H2,1H3,(H,29,30)/b13-11+,28-15-. The number of ether oxygens (including phenoxy) is 3. The molecular weight excluding hydrogens is 479 g/mol. The van der Waals surface area contributed by atoms with Crippen molar-refractivity contribution in [2.45, 2.75) is 0 Å². The highest BCUT2D eigenvalue weighted by molar-refractivity contribution is 6.42. The van der Waals surface area contributed by atoms with Crippen molar-refractivity contribution in [2.75, 3.05) is 13.7 Å². The maximum Gasteiger partial charge on any atom is 0.336 e. The van der Waals surface area contributed by atoms with Gasteiger partial charge in [0.05, 0.1) is 18.3 Å². The lowest BCUT2D eigenvalue weighted by molar-refractivity contribution is -0.129. The lowest BCUT2D eigenvalue weighted by Crippen LogP contribution is -2.24. The van der Waals surface area contributed by atoms with Crippen molar-refractivity contribution in [1.29, 1.82) is 0 Å². The molecule has 0 aliphatic rings. The minimum atomic E-state index is -0.546. The first-order chi connectivity index (χ1) is 16.5. The van der Waals surface area contributed by atoms with Crippen molar-refractivity contribution < 1.29 is 23.8 Å². The molecule has 3 rings (SSSR count). The first-order valence-corrected chi connectivity index (χ1v) is 10.7. The number of methoxy groups -OCH3 is 1. The molecule has 0 fully saturated rings. The number of rotatable bonds is 9. The Hall–Kier alpha value is -3.81. The van der Waals surface area contributed by atoms with E-state index in [1.165, 1.54) is 19.4 Å². The summed E-state index contributed by atoms with van der Waals surface area (Å²) < 4.78 is 16.0. The number of nitrogens with one attached hydrogen (secondary N) is 1. The molecule has 7 nitrogen and oxygen atoms in total. The molecule has 0 aliphatic carbocycles. The number of esters is 1. The molecule has 0 bridgehead atoms.